The lowest BCUT2D eigenvalue weighted by atomic mass is 9.99. The Hall–Kier alpha value is -0.0800. The number of piperidine rings is 1. The molecule has 0 spiro atoms. The molecule has 2 aliphatic rings. The number of hydrogen-bond acceptors (Lipinski definition) is 2. The maximum atomic E-state index is 3.62. The Morgan fingerprint density at radius 1 is 1.46 bits per heavy atom. The predicted molar refractivity (Wildman–Crippen MR) is 55.8 cm³/mol. The topological polar surface area (TPSA) is 24.1 Å². The Balaban J connectivity index is 1.56. The molecule has 0 radical (unpaired) electrons. The van der Waals surface area contributed by atoms with Gasteiger partial charge in [0.1, 0.15) is 0 Å². The van der Waals surface area contributed by atoms with Crippen molar-refractivity contribution in [2.45, 2.75) is 32.6 Å². The first-order valence-electron chi connectivity index (χ1n) is 5.70. The van der Waals surface area contributed by atoms with Crippen LogP contribution < -0.4 is 10.6 Å². The third-order valence-corrected chi connectivity index (χ3v) is 3.49. The van der Waals surface area contributed by atoms with Gasteiger partial charge in [0.2, 0.25) is 0 Å². The first-order valence-corrected chi connectivity index (χ1v) is 5.70. The summed E-state index contributed by atoms with van der Waals surface area (Å²) >= 11 is 0. The molecule has 76 valence electrons. The largest absolute Gasteiger partial charge is 0.316 e. The van der Waals surface area contributed by atoms with Crippen LogP contribution in [0.2, 0.25) is 0 Å². The Kier molecular flexibility index (Phi) is 2.89. The molecule has 2 rings (SSSR count). The van der Waals surface area contributed by atoms with Crippen molar-refractivity contribution >= 4 is 0 Å². The molecule has 13 heavy (non-hydrogen) atoms. The fourth-order valence-electron chi connectivity index (χ4n) is 2.07. The van der Waals surface area contributed by atoms with E-state index < -0.39 is 0 Å². The van der Waals surface area contributed by atoms with E-state index in [0.717, 1.165) is 5.92 Å². The monoisotopic (exact) mass is 182 g/mol. The highest BCUT2D eigenvalue weighted by molar-refractivity contribution is 4.90. The quantitative estimate of drug-likeness (QED) is 0.686. The maximum Gasteiger partial charge on any atom is 0.000529 e. The first-order chi connectivity index (χ1) is 6.29. The summed E-state index contributed by atoms with van der Waals surface area (Å²) in [6.45, 7) is 7.31. The smallest absolute Gasteiger partial charge is 0.000529 e. The van der Waals surface area contributed by atoms with Crippen molar-refractivity contribution in [3.8, 4) is 0 Å². The van der Waals surface area contributed by atoms with E-state index in [1.165, 1.54) is 51.9 Å². The van der Waals surface area contributed by atoms with E-state index in [1.54, 1.807) is 0 Å². The van der Waals surface area contributed by atoms with E-state index in [2.05, 4.69) is 17.6 Å². The van der Waals surface area contributed by atoms with Gasteiger partial charge in [-0.05, 0) is 56.7 Å². The molecule has 0 amide bonds. The molecule has 1 aliphatic heterocycles. The lowest BCUT2D eigenvalue weighted by molar-refractivity contribution is 0.348. The minimum Gasteiger partial charge on any atom is -0.316 e. The van der Waals surface area contributed by atoms with Gasteiger partial charge in [0.15, 0.2) is 0 Å². The zero-order chi connectivity index (χ0) is 9.15. The summed E-state index contributed by atoms with van der Waals surface area (Å²) in [4.78, 5) is 0. The van der Waals surface area contributed by atoms with Crippen molar-refractivity contribution in [2.75, 3.05) is 26.2 Å². The fourth-order valence-corrected chi connectivity index (χ4v) is 2.07. The van der Waals surface area contributed by atoms with Crippen LogP contribution >= 0.6 is 0 Å². The molecule has 0 aromatic rings. The molecule has 0 bridgehead atoms. The van der Waals surface area contributed by atoms with Gasteiger partial charge in [0.25, 0.3) is 0 Å². The number of rotatable bonds is 4. The first kappa shape index (κ1) is 9.47. The Labute approximate surface area is 81.5 Å². The van der Waals surface area contributed by atoms with Gasteiger partial charge >= 0.3 is 0 Å². The second kappa shape index (κ2) is 3.97. The average molecular weight is 182 g/mol. The molecule has 2 nitrogen and oxygen atoms in total. The van der Waals surface area contributed by atoms with Crippen LogP contribution in [0.1, 0.15) is 32.6 Å². The zero-order valence-corrected chi connectivity index (χ0v) is 8.73. The summed E-state index contributed by atoms with van der Waals surface area (Å²) in [5.74, 6) is 0.885. The highest BCUT2D eigenvalue weighted by atomic mass is 14.9. The molecule has 1 aliphatic carbocycles. The third-order valence-electron chi connectivity index (χ3n) is 3.49. The van der Waals surface area contributed by atoms with E-state index in [9.17, 15) is 0 Å². The van der Waals surface area contributed by atoms with Gasteiger partial charge in [0.05, 0.1) is 0 Å². The van der Waals surface area contributed by atoms with Crippen LogP contribution in [0.25, 0.3) is 0 Å². The average Bonchev–Trinajstić information content (AvgIpc) is 2.86. The van der Waals surface area contributed by atoms with Crippen LogP contribution in [-0.2, 0) is 0 Å². The minimum absolute atomic E-state index is 0.669. The predicted octanol–water partition coefficient (Wildman–Crippen LogP) is 1.38. The molecule has 0 aromatic heterocycles. The highest BCUT2D eigenvalue weighted by Crippen LogP contribution is 2.44. The molecule has 0 aromatic carbocycles. The Morgan fingerprint density at radius 2 is 2.31 bits per heavy atom. The third kappa shape index (κ3) is 2.96. The molecular formula is C11H22N2. The van der Waals surface area contributed by atoms with Gasteiger partial charge in [-0.15, -0.1) is 0 Å². The lowest BCUT2D eigenvalue weighted by Gasteiger charge is -2.23. The van der Waals surface area contributed by atoms with Crippen LogP contribution in [0.15, 0.2) is 0 Å². The number of nitrogens with one attached hydrogen (secondary N) is 2. The fraction of sp³-hybridized carbons (Fsp3) is 1.00. The molecule has 1 heterocycles. The summed E-state index contributed by atoms with van der Waals surface area (Å²) in [6, 6.07) is 0. The summed E-state index contributed by atoms with van der Waals surface area (Å²) in [6.07, 6.45) is 5.65. The summed E-state index contributed by atoms with van der Waals surface area (Å²) < 4.78 is 0. The molecule has 1 unspecified atom stereocenters. The van der Waals surface area contributed by atoms with Crippen molar-refractivity contribution in [1.82, 2.24) is 10.6 Å². The van der Waals surface area contributed by atoms with Crippen molar-refractivity contribution in [2.24, 2.45) is 11.3 Å². The Bertz CT molecular complexity index is 157. The van der Waals surface area contributed by atoms with Gasteiger partial charge < -0.3 is 10.6 Å². The van der Waals surface area contributed by atoms with Crippen LogP contribution in [0, 0.1) is 11.3 Å². The molecule has 1 saturated carbocycles. The molecule has 1 saturated heterocycles. The van der Waals surface area contributed by atoms with Gasteiger partial charge in [-0.2, -0.15) is 0 Å². The second-order valence-corrected chi connectivity index (χ2v) is 5.15. The minimum atomic E-state index is 0.669. The van der Waals surface area contributed by atoms with E-state index in [1.807, 2.05) is 0 Å². The van der Waals surface area contributed by atoms with Crippen LogP contribution in [0.3, 0.4) is 0 Å². The van der Waals surface area contributed by atoms with Crippen molar-refractivity contribution in [3.63, 3.8) is 0 Å². The lowest BCUT2D eigenvalue weighted by Crippen LogP contribution is -2.37. The summed E-state index contributed by atoms with van der Waals surface area (Å²) in [5.41, 5.74) is 0.669. The molecular weight excluding hydrogens is 160 g/mol. The molecule has 1 atom stereocenters. The summed E-state index contributed by atoms with van der Waals surface area (Å²) in [7, 11) is 0. The number of hydrogen-bond donors (Lipinski definition) is 2. The molecule has 2 fully saturated rings. The van der Waals surface area contributed by atoms with Crippen LogP contribution in [0.5, 0.6) is 0 Å². The standard InChI is InChI=1S/C11H22N2/c1-11(4-5-11)9-13-8-10-3-2-6-12-7-10/h10,12-13H,2-9H2,1H3. The molecule has 2 heteroatoms. The highest BCUT2D eigenvalue weighted by Gasteiger charge is 2.36. The van der Waals surface area contributed by atoms with E-state index >= 15 is 0 Å². The van der Waals surface area contributed by atoms with Gasteiger partial charge in [-0.1, -0.05) is 6.92 Å². The summed E-state index contributed by atoms with van der Waals surface area (Å²) in [5, 5.41) is 7.08. The second-order valence-electron chi connectivity index (χ2n) is 5.15. The van der Waals surface area contributed by atoms with Gasteiger partial charge in [0, 0.05) is 6.54 Å². The van der Waals surface area contributed by atoms with Crippen LogP contribution in [0.4, 0.5) is 0 Å². The van der Waals surface area contributed by atoms with Crippen molar-refractivity contribution in [1.29, 1.82) is 0 Å². The SMILES string of the molecule is CC1(CNCC2CCCNC2)CC1. The van der Waals surface area contributed by atoms with E-state index in [0.29, 0.717) is 5.41 Å². The Morgan fingerprint density at radius 3 is 2.92 bits per heavy atom. The molecule has 2 N–H and O–H groups in total. The van der Waals surface area contributed by atoms with Crippen molar-refractivity contribution in [3.05, 3.63) is 0 Å². The van der Waals surface area contributed by atoms with E-state index in [4.69, 9.17) is 0 Å². The van der Waals surface area contributed by atoms with Crippen LogP contribution in [-0.4, -0.2) is 26.2 Å². The van der Waals surface area contributed by atoms with Gasteiger partial charge in [-0.3, -0.25) is 0 Å². The zero-order valence-electron chi connectivity index (χ0n) is 8.73. The normalized spacial score (nSPS) is 31.6. The van der Waals surface area contributed by atoms with Crippen molar-refractivity contribution < 1.29 is 0 Å². The maximum absolute atomic E-state index is 3.62. The van der Waals surface area contributed by atoms with Gasteiger partial charge in [-0.25, -0.2) is 0 Å². The van der Waals surface area contributed by atoms with E-state index in [-0.39, 0.29) is 0 Å².